The SMILES string of the molecule is Cc1[nH]c2ccccc2c1CC(=O)NCc1ccccc1CS(=O)(=O)N1CCOCC1. The number of benzene rings is 2. The molecular formula is C23H27N3O4S. The van der Waals surface area contributed by atoms with Crippen molar-refractivity contribution in [3.63, 3.8) is 0 Å². The molecule has 0 aliphatic carbocycles. The second kappa shape index (κ2) is 9.21. The smallest absolute Gasteiger partial charge is 0.224 e. The average molecular weight is 442 g/mol. The summed E-state index contributed by atoms with van der Waals surface area (Å²) in [5.74, 6) is -0.181. The number of fused-ring (bicyclic) bond motifs is 1. The zero-order valence-corrected chi connectivity index (χ0v) is 18.4. The van der Waals surface area contributed by atoms with Crippen LogP contribution in [0.4, 0.5) is 0 Å². The number of nitrogens with zero attached hydrogens (tertiary/aromatic N) is 1. The Hall–Kier alpha value is -2.68. The first kappa shape index (κ1) is 21.5. The molecule has 1 amide bonds. The molecule has 0 spiro atoms. The summed E-state index contributed by atoms with van der Waals surface area (Å²) in [6, 6.07) is 15.3. The summed E-state index contributed by atoms with van der Waals surface area (Å²) in [6.07, 6.45) is 0.268. The van der Waals surface area contributed by atoms with Gasteiger partial charge in [0.25, 0.3) is 0 Å². The van der Waals surface area contributed by atoms with Gasteiger partial charge in [0.1, 0.15) is 0 Å². The third-order valence-corrected chi connectivity index (χ3v) is 7.49. The number of para-hydroxylation sites is 1. The lowest BCUT2D eigenvalue weighted by Crippen LogP contribution is -2.41. The second-order valence-corrected chi connectivity index (χ2v) is 9.73. The van der Waals surface area contributed by atoms with Crippen LogP contribution in [0.1, 0.15) is 22.4 Å². The van der Waals surface area contributed by atoms with E-state index in [1.807, 2.05) is 55.5 Å². The van der Waals surface area contributed by atoms with E-state index in [2.05, 4.69) is 10.3 Å². The van der Waals surface area contributed by atoms with Gasteiger partial charge in [-0.3, -0.25) is 4.79 Å². The molecule has 2 N–H and O–H groups in total. The van der Waals surface area contributed by atoms with Gasteiger partial charge in [-0.15, -0.1) is 0 Å². The number of hydrogen-bond donors (Lipinski definition) is 2. The van der Waals surface area contributed by atoms with Crippen molar-refractivity contribution in [3.05, 3.63) is 70.9 Å². The highest BCUT2D eigenvalue weighted by molar-refractivity contribution is 7.88. The maximum Gasteiger partial charge on any atom is 0.224 e. The van der Waals surface area contributed by atoms with E-state index in [0.29, 0.717) is 31.9 Å². The van der Waals surface area contributed by atoms with E-state index in [1.54, 1.807) is 0 Å². The van der Waals surface area contributed by atoms with E-state index < -0.39 is 10.0 Å². The highest BCUT2D eigenvalue weighted by Crippen LogP contribution is 2.22. The zero-order valence-electron chi connectivity index (χ0n) is 17.6. The van der Waals surface area contributed by atoms with Gasteiger partial charge >= 0.3 is 0 Å². The highest BCUT2D eigenvalue weighted by Gasteiger charge is 2.25. The van der Waals surface area contributed by atoms with Crippen molar-refractivity contribution in [1.29, 1.82) is 0 Å². The van der Waals surface area contributed by atoms with Crippen LogP contribution in [0.25, 0.3) is 10.9 Å². The third-order valence-electron chi connectivity index (χ3n) is 5.66. The van der Waals surface area contributed by atoms with E-state index >= 15 is 0 Å². The molecule has 1 aliphatic rings. The van der Waals surface area contributed by atoms with Crippen LogP contribution in [0, 0.1) is 6.92 Å². The van der Waals surface area contributed by atoms with Crippen LogP contribution < -0.4 is 5.32 Å². The molecule has 1 saturated heterocycles. The van der Waals surface area contributed by atoms with E-state index in [9.17, 15) is 13.2 Å². The first-order chi connectivity index (χ1) is 14.9. The van der Waals surface area contributed by atoms with Crippen LogP contribution in [0.5, 0.6) is 0 Å². The number of hydrogen-bond acceptors (Lipinski definition) is 4. The number of ether oxygens (including phenoxy) is 1. The number of amides is 1. The Morgan fingerprint density at radius 3 is 2.52 bits per heavy atom. The van der Waals surface area contributed by atoms with Crippen LogP contribution in [-0.4, -0.2) is 49.9 Å². The molecule has 0 saturated carbocycles. The molecule has 4 rings (SSSR count). The first-order valence-electron chi connectivity index (χ1n) is 10.4. The quantitative estimate of drug-likeness (QED) is 0.589. The topological polar surface area (TPSA) is 91.5 Å². The number of rotatable bonds is 7. The lowest BCUT2D eigenvalue weighted by atomic mass is 10.1. The predicted octanol–water partition coefficient (Wildman–Crippen LogP) is 2.50. The lowest BCUT2D eigenvalue weighted by Gasteiger charge is -2.26. The molecule has 8 heteroatoms. The maximum absolute atomic E-state index is 12.8. The van der Waals surface area contributed by atoms with Crippen LogP contribution >= 0.6 is 0 Å². The monoisotopic (exact) mass is 441 g/mol. The molecule has 1 aromatic heterocycles. The number of morpholine rings is 1. The van der Waals surface area contributed by atoms with Crippen LogP contribution in [0.3, 0.4) is 0 Å². The fraction of sp³-hybridized carbons (Fsp3) is 0.348. The van der Waals surface area contributed by atoms with Gasteiger partial charge < -0.3 is 15.0 Å². The second-order valence-electron chi connectivity index (χ2n) is 7.76. The van der Waals surface area contributed by atoms with E-state index in [0.717, 1.165) is 27.7 Å². The minimum absolute atomic E-state index is 0.0827. The van der Waals surface area contributed by atoms with Crippen molar-refractivity contribution in [2.75, 3.05) is 26.3 Å². The van der Waals surface area contributed by atoms with Crippen molar-refractivity contribution >= 4 is 26.8 Å². The fourth-order valence-corrected chi connectivity index (χ4v) is 5.53. The molecule has 1 fully saturated rings. The van der Waals surface area contributed by atoms with Gasteiger partial charge in [-0.2, -0.15) is 4.31 Å². The van der Waals surface area contributed by atoms with Gasteiger partial charge in [0.05, 0.1) is 25.4 Å². The summed E-state index contributed by atoms with van der Waals surface area (Å²) in [7, 11) is -3.43. The van der Waals surface area contributed by atoms with Crippen molar-refractivity contribution < 1.29 is 17.9 Å². The molecule has 7 nitrogen and oxygen atoms in total. The Balaban J connectivity index is 1.43. The largest absolute Gasteiger partial charge is 0.379 e. The summed E-state index contributed by atoms with van der Waals surface area (Å²) in [4.78, 5) is 16.0. The molecular weight excluding hydrogens is 414 g/mol. The highest BCUT2D eigenvalue weighted by atomic mass is 32.2. The number of aryl methyl sites for hydroxylation is 1. The van der Waals surface area contributed by atoms with Gasteiger partial charge in [-0.1, -0.05) is 42.5 Å². The van der Waals surface area contributed by atoms with Crippen molar-refractivity contribution in [3.8, 4) is 0 Å². The molecule has 0 bridgehead atoms. The lowest BCUT2D eigenvalue weighted by molar-refractivity contribution is -0.120. The molecule has 2 heterocycles. The number of nitrogens with one attached hydrogen (secondary N) is 2. The van der Waals surface area contributed by atoms with Gasteiger partial charge in [-0.05, 0) is 29.7 Å². The average Bonchev–Trinajstić information content (AvgIpc) is 3.08. The molecule has 164 valence electrons. The van der Waals surface area contributed by atoms with Crippen LogP contribution in [-0.2, 0) is 38.3 Å². The van der Waals surface area contributed by atoms with Gasteiger partial charge in [0, 0.05) is 36.2 Å². The number of carbonyl (C=O) groups excluding carboxylic acids is 1. The van der Waals surface area contributed by atoms with E-state index in [4.69, 9.17) is 4.74 Å². The molecule has 1 aliphatic heterocycles. The van der Waals surface area contributed by atoms with E-state index in [1.165, 1.54) is 4.31 Å². The minimum atomic E-state index is -3.43. The Morgan fingerprint density at radius 2 is 1.74 bits per heavy atom. The summed E-state index contributed by atoms with van der Waals surface area (Å²) >= 11 is 0. The van der Waals surface area contributed by atoms with Crippen LogP contribution in [0.15, 0.2) is 48.5 Å². The van der Waals surface area contributed by atoms with Gasteiger partial charge in [0.2, 0.25) is 15.9 Å². The number of aromatic amines is 1. The van der Waals surface area contributed by atoms with Crippen molar-refractivity contribution in [1.82, 2.24) is 14.6 Å². The number of H-pyrrole nitrogens is 1. The van der Waals surface area contributed by atoms with Crippen molar-refractivity contribution in [2.24, 2.45) is 0 Å². The Bertz CT molecular complexity index is 1180. The Kier molecular flexibility index (Phi) is 6.41. The van der Waals surface area contributed by atoms with Gasteiger partial charge in [0.15, 0.2) is 0 Å². The Morgan fingerprint density at radius 1 is 1.06 bits per heavy atom. The normalized spacial score (nSPS) is 15.3. The van der Waals surface area contributed by atoms with Crippen molar-refractivity contribution in [2.45, 2.75) is 25.6 Å². The molecule has 3 aromatic rings. The molecule has 0 unspecified atom stereocenters. The third kappa shape index (κ3) is 4.98. The zero-order chi connectivity index (χ0) is 21.8. The van der Waals surface area contributed by atoms with Crippen LogP contribution in [0.2, 0.25) is 0 Å². The summed E-state index contributed by atoms with van der Waals surface area (Å²) in [5, 5.41) is 4.00. The standard InChI is InChI=1S/C23H27N3O4S/c1-17-21(20-8-4-5-9-22(20)25-17)14-23(27)24-15-18-6-2-3-7-19(18)16-31(28,29)26-10-12-30-13-11-26/h2-9,25H,10-16H2,1H3,(H,24,27). The predicted molar refractivity (Wildman–Crippen MR) is 120 cm³/mol. The number of sulfonamides is 1. The molecule has 0 radical (unpaired) electrons. The van der Waals surface area contributed by atoms with Gasteiger partial charge in [-0.25, -0.2) is 8.42 Å². The molecule has 31 heavy (non-hydrogen) atoms. The molecule has 2 aromatic carbocycles. The minimum Gasteiger partial charge on any atom is -0.379 e. The fourth-order valence-electron chi connectivity index (χ4n) is 3.96. The first-order valence-corrected chi connectivity index (χ1v) is 12.0. The summed E-state index contributed by atoms with van der Waals surface area (Å²) in [6.45, 7) is 3.86. The Labute approximate surface area is 182 Å². The maximum atomic E-state index is 12.8. The summed E-state index contributed by atoms with van der Waals surface area (Å²) < 4.78 is 32.3. The number of aromatic nitrogens is 1. The molecule has 0 atom stereocenters. The summed E-state index contributed by atoms with van der Waals surface area (Å²) in [5.41, 5.74) is 4.49. The number of carbonyl (C=O) groups is 1. The van der Waals surface area contributed by atoms with E-state index in [-0.39, 0.29) is 24.6 Å².